The Morgan fingerprint density at radius 1 is 0.844 bits per heavy atom. The predicted molar refractivity (Wildman–Crippen MR) is 125 cm³/mol. The number of nitrogens with zero attached hydrogens (tertiary/aromatic N) is 2. The molecule has 0 unspecified atom stereocenters. The van der Waals surface area contributed by atoms with Crippen LogP contribution in [0.4, 0.5) is 5.69 Å². The zero-order chi connectivity index (χ0) is 22.9. The largest absolute Gasteiger partial charge is 0.478 e. The van der Waals surface area contributed by atoms with E-state index in [1.807, 2.05) is 30.3 Å². The van der Waals surface area contributed by atoms with Crippen molar-refractivity contribution in [3.05, 3.63) is 78.4 Å². The SMILES string of the molecule is CC(C)S(=O)(=O)Nc1ccc(-c2nc3cc(C(=O)O)ccc3nc2-c2ccccc2)cc1. The molecule has 8 heteroatoms. The highest BCUT2D eigenvalue weighted by Gasteiger charge is 2.17. The highest BCUT2D eigenvalue weighted by molar-refractivity contribution is 7.93. The van der Waals surface area contributed by atoms with Crippen LogP contribution in [-0.2, 0) is 10.0 Å². The number of rotatable bonds is 6. The second-order valence-electron chi connectivity index (χ2n) is 7.57. The molecular weight excluding hydrogens is 426 g/mol. The van der Waals surface area contributed by atoms with E-state index in [1.54, 1.807) is 44.2 Å². The Labute approximate surface area is 185 Å². The number of hydrogen-bond acceptors (Lipinski definition) is 5. The molecule has 4 rings (SSSR count). The molecule has 3 aromatic carbocycles. The third-order valence-corrected chi connectivity index (χ3v) is 6.76. The summed E-state index contributed by atoms with van der Waals surface area (Å²) in [7, 11) is -3.46. The van der Waals surface area contributed by atoms with E-state index in [4.69, 9.17) is 9.97 Å². The quantitative estimate of drug-likeness (QED) is 0.439. The molecule has 7 nitrogen and oxygen atoms in total. The van der Waals surface area contributed by atoms with Gasteiger partial charge < -0.3 is 5.11 Å². The van der Waals surface area contributed by atoms with Crippen LogP contribution in [0.2, 0.25) is 0 Å². The third-order valence-electron chi connectivity index (χ3n) is 5.00. The van der Waals surface area contributed by atoms with Crippen LogP contribution in [0.3, 0.4) is 0 Å². The second kappa shape index (κ2) is 8.39. The lowest BCUT2D eigenvalue weighted by Crippen LogP contribution is -2.22. The van der Waals surface area contributed by atoms with Crippen molar-refractivity contribution in [1.29, 1.82) is 0 Å². The molecule has 0 atom stereocenters. The molecule has 0 saturated heterocycles. The standard InChI is InChI=1S/C24H21N3O4S/c1-15(2)32(30,31)27-19-11-8-17(9-12-19)23-22(16-6-4-3-5-7-16)25-20-13-10-18(24(28)29)14-21(20)26-23/h3-15,27H,1-2H3,(H,28,29). The van der Waals surface area contributed by atoms with Crippen LogP contribution in [0, 0.1) is 0 Å². The molecule has 0 aliphatic carbocycles. The lowest BCUT2D eigenvalue weighted by molar-refractivity contribution is 0.0697. The Hall–Kier alpha value is -3.78. The van der Waals surface area contributed by atoms with E-state index in [0.717, 1.165) is 11.1 Å². The molecule has 0 bridgehead atoms. The summed E-state index contributed by atoms with van der Waals surface area (Å²) in [6.07, 6.45) is 0. The van der Waals surface area contributed by atoms with Gasteiger partial charge in [-0.15, -0.1) is 0 Å². The molecular formula is C24H21N3O4S. The molecule has 162 valence electrons. The number of fused-ring (bicyclic) bond motifs is 1. The average Bonchev–Trinajstić information content (AvgIpc) is 2.78. The van der Waals surface area contributed by atoms with Crippen LogP contribution >= 0.6 is 0 Å². The van der Waals surface area contributed by atoms with Crippen molar-refractivity contribution in [1.82, 2.24) is 9.97 Å². The Bertz CT molecular complexity index is 1400. The number of carboxylic acid groups (broad SMARTS) is 1. The molecule has 0 saturated carbocycles. The minimum atomic E-state index is -3.46. The Balaban J connectivity index is 1.85. The van der Waals surface area contributed by atoms with E-state index in [1.165, 1.54) is 12.1 Å². The van der Waals surface area contributed by atoms with Gasteiger partial charge in [-0.2, -0.15) is 0 Å². The van der Waals surface area contributed by atoms with Crippen molar-refractivity contribution in [2.24, 2.45) is 0 Å². The van der Waals surface area contributed by atoms with E-state index < -0.39 is 21.2 Å². The first-order valence-electron chi connectivity index (χ1n) is 9.97. The van der Waals surface area contributed by atoms with Gasteiger partial charge in [-0.1, -0.05) is 42.5 Å². The van der Waals surface area contributed by atoms with Gasteiger partial charge >= 0.3 is 5.97 Å². The maximum atomic E-state index is 12.1. The molecule has 0 aliphatic heterocycles. The summed E-state index contributed by atoms with van der Waals surface area (Å²) >= 11 is 0. The smallest absolute Gasteiger partial charge is 0.335 e. The van der Waals surface area contributed by atoms with Crippen molar-refractivity contribution in [2.75, 3.05) is 4.72 Å². The van der Waals surface area contributed by atoms with Crippen LogP contribution in [0.5, 0.6) is 0 Å². The van der Waals surface area contributed by atoms with Gasteiger partial charge in [-0.3, -0.25) is 4.72 Å². The lowest BCUT2D eigenvalue weighted by Gasteiger charge is -2.13. The Morgan fingerprint density at radius 3 is 2.03 bits per heavy atom. The zero-order valence-electron chi connectivity index (χ0n) is 17.5. The zero-order valence-corrected chi connectivity index (χ0v) is 18.3. The van der Waals surface area contributed by atoms with E-state index in [9.17, 15) is 18.3 Å². The Kier molecular flexibility index (Phi) is 5.63. The van der Waals surface area contributed by atoms with Crippen molar-refractivity contribution in [3.8, 4) is 22.5 Å². The number of hydrogen-bond donors (Lipinski definition) is 2. The first kappa shape index (κ1) is 21.5. The summed E-state index contributed by atoms with van der Waals surface area (Å²) in [5.41, 5.74) is 4.44. The van der Waals surface area contributed by atoms with Crippen molar-refractivity contribution >= 4 is 32.7 Å². The summed E-state index contributed by atoms with van der Waals surface area (Å²) in [5, 5.41) is 8.77. The van der Waals surface area contributed by atoms with E-state index in [0.29, 0.717) is 28.1 Å². The van der Waals surface area contributed by atoms with Gasteiger partial charge in [0.1, 0.15) is 0 Å². The van der Waals surface area contributed by atoms with Crippen LogP contribution in [0.25, 0.3) is 33.5 Å². The van der Waals surface area contributed by atoms with E-state index in [2.05, 4.69) is 4.72 Å². The maximum absolute atomic E-state index is 12.1. The number of anilines is 1. The summed E-state index contributed by atoms with van der Waals surface area (Å²) in [6, 6.07) is 21.1. The van der Waals surface area contributed by atoms with Gasteiger partial charge in [-0.25, -0.2) is 23.2 Å². The van der Waals surface area contributed by atoms with Crippen LogP contribution in [-0.4, -0.2) is 34.7 Å². The average molecular weight is 448 g/mol. The molecule has 0 amide bonds. The maximum Gasteiger partial charge on any atom is 0.335 e. The van der Waals surface area contributed by atoms with Gasteiger partial charge in [0.25, 0.3) is 0 Å². The third kappa shape index (κ3) is 4.31. The normalized spacial score (nSPS) is 11.6. The van der Waals surface area contributed by atoms with Gasteiger partial charge in [0.2, 0.25) is 10.0 Å². The number of aromatic carboxylic acids is 1. The van der Waals surface area contributed by atoms with Crippen LogP contribution < -0.4 is 4.72 Å². The number of sulfonamides is 1. The Morgan fingerprint density at radius 2 is 1.44 bits per heavy atom. The minimum absolute atomic E-state index is 0.128. The van der Waals surface area contributed by atoms with Crippen LogP contribution in [0.1, 0.15) is 24.2 Å². The molecule has 1 heterocycles. The minimum Gasteiger partial charge on any atom is -0.478 e. The number of nitrogens with one attached hydrogen (secondary N) is 1. The van der Waals surface area contributed by atoms with Gasteiger partial charge in [0.15, 0.2) is 0 Å². The summed E-state index contributed by atoms with van der Waals surface area (Å²) in [6.45, 7) is 3.22. The first-order chi connectivity index (χ1) is 15.2. The highest BCUT2D eigenvalue weighted by Crippen LogP contribution is 2.32. The van der Waals surface area contributed by atoms with Crippen molar-refractivity contribution < 1.29 is 18.3 Å². The van der Waals surface area contributed by atoms with Gasteiger partial charge in [-0.05, 0) is 44.2 Å². The molecule has 1 aromatic heterocycles. The number of carboxylic acids is 1. The fraction of sp³-hybridized carbons (Fsp3) is 0.125. The molecule has 0 radical (unpaired) electrons. The summed E-state index contributed by atoms with van der Waals surface area (Å²) in [4.78, 5) is 20.9. The van der Waals surface area contributed by atoms with E-state index >= 15 is 0 Å². The van der Waals surface area contributed by atoms with Gasteiger partial charge in [0, 0.05) is 16.8 Å². The molecule has 0 spiro atoms. The molecule has 0 aliphatic rings. The van der Waals surface area contributed by atoms with Crippen molar-refractivity contribution in [2.45, 2.75) is 19.1 Å². The lowest BCUT2D eigenvalue weighted by atomic mass is 10.0. The van der Waals surface area contributed by atoms with Crippen LogP contribution in [0.15, 0.2) is 72.8 Å². The molecule has 0 fully saturated rings. The fourth-order valence-corrected chi connectivity index (χ4v) is 3.86. The molecule has 32 heavy (non-hydrogen) atoms. The van der Waals surface area contributed by atoms with Gasteiger partial charge in [0.05, 0.1) is 33.2 Å². The molecule has 4 aromatic rings. The van der Waals surface area contributed by atoms with Crippen molar-refractivity contribution in [3.63, 3.8) is 0 Å². The predicted octanol–water partition coefficient (Wildman–Crippen LogP) is 4.81. The fourth-order valence-electron chi connectivity index (χ4n) is 3.16. The molecule has 2 N–H and O–H groups in total. The van der Waals surface area contributed by atoms with E-state index in [-0.39, 0.29) is 5.56 Å². The number of carbonyl (C=O) groups is 1. The monoisotopic (exact) mass is 447 g/mol. The number of benzene rings is 3. The topological polar surface area (TPSA) is 109 Å². The summed E-state index contributed by atoms with van der Waals surface area (Å²) < 4.78 is 26.9. The second-order valence-corrected chi connectivity index (χ2v) is 9.81. The highest BCUT2D eigenvalue weighted by atomic mass is 32.2. The number of aromatic nitrogens is 2. The first-order valence-corrected chi connectivity index (χ1v) is 11.5. The summed E-state index contributed by atoms with van der Waals surface area (Å²) in [5.74, 6) is -1.04.